The smallest absolute Gasteiger partial charge is 0.256 e. The summed E-state index contributed by atoms with van der Waals surface area (Å²) in [4.78, 5) is 16.4. The molecule has 1 amide bonds. The van der Waals surface area contributed by atoms with E-state index in [0.29, 0.717) is 32.1 Å². The van der Waals surface area contributed by atoms with Gasteiger partial charge in [-0.1, -0.05) is 42.7 Å². The normalized spacial score (nSPS) is 19.0. The monoisotopic (exact) mass is 374 g/mol. The van der Waals surface area contributed by atoms with Crippen molar-refractivity contribution in [2.45, 2.75) is 38.0 Å². The van der Waals surface area contributed by atoms with Gasteiger partial charge in [0.2, 0.25) is 5.13 Å². The molecule has 0 radical (unpaired) electrons. The van der Waals surface area contributed by atoms with Crippen LogP contribution in [-0.4, -0.2) is 47.2 Å². The molecule has 1 saturated carbocycles. The van der Waals surface area contributed by atoms with Crippen LogP contribution in [0.1, 0.15) is 53.4 Å². The minimum Gasteiger partial charge on any atom is -0.343 e. The zero-order valence-electron chi connectivity index (χ0n) is 14.7. The van der Waals surface area contributed by atoms with Crippen LogP contribution in [0.5, 0.6) is 0 Å². The number of aromatic nitrogens is 2. The molecule has 138 valence electrons. The Labute approximate surface area is 156 Å². The number of carbonyl (C=O) groups is 1. The molecule has 0 atom stereocenters. The van der Waals surface area contributed by atoms with Crippen molar-refractivity contribution >= 4 is 22.4 Å². The van der Waals surface area contributed by atoms with Crippen molar-refractivity contribution in [2.75, 3.05) is 31.1 Å². The third-order valence-corrected chi connectivity index (χ3v) is 6.47. The summed E-state index contributed by atoms with van der Waals surface area (Å²) >= 11 is 1.69. The van der Waals surface area contributed by atoms with E-state index >= 15 is 0 Å². The van der Waals surface area contributed by atoms with Crippen LogP contribution in [0.25, 0.3) is 0 Å². The molecule has 1 aromatic carbocycles. The molecule has 1 saturated heterocycles. The van der Waals surface area contributed by atoms with Gasteiger partial charge in [-0.15, -0.1) is 10.2 Å². The molecule has 5 nitrogen and oxygen atoms in total. The fraction of sp³-hybridized carbons (Fsp3) is 0.526. The first-order valence-electron chi connectivity index (χ1n) is 9.34. The zero-order valence-corrected chi connectivity index (χ0v) is 15.6. The number of benzene rings is 1. The van der Waals surface area contributed by atoms with E-state index in [1.54, 1.807) is 34.4 Å². The predicted molar refractivity (Wildman–Crippen MR) is 100 cm³/mol. The number of carbonyl (C=O) groups excluding carboxylic acids is 1. The van der Waals surface area contributed by atoms with E-state index in [0.717, 1.165) is 10.1 Å². The number of hydrogen-bond acceptors (Lipinski definition) is 5. The summed E-state index contributed by atoms with van der Waals surface area (Å²) in [6, 6.07) is 6.17. The molecule has 1 aliphatic heterocycles. The van der Waals surface area contributed by atoms with E-state index in [-0.39, 0.29) is 11.5 Å². The van der Waals surface area contributed by atoms with Gasteiger partial charge >= 0.3 is 0 Å². The SMILES string of the molecule is O=C(c1ccccc1F)N1CCN(c2nnc(C3CCCCC3)s2)CC1. The Kier molecular flexibility index (Phi) is 5.15. The van der Waals surface area contributed by atoms with Crippen molar-refractivity contribution in [3.8, 4) is 0 Å². The molecule has 26 heavy (non-hydrogen) atoms. The fourth-order valence-electron chi connectivity index (χ4n) is 3.77. The van der Waals surface area contributed by atoms with E-state index in [9.17, 15) is 9.18 Å². The number of piperazine rings is 1. The van der Waals surface area contributed by atoms with Gasteiger partial charge in [0.25, 0.3) is 5.91 Å². The molecule has 2 fully saturated rings. The summed E-state index contributed by atoms with van der Waals surface area (Å²) in [5, 5.41) is 10.9. The fourth-order valence-corrected chi connectivity index (χ4v) is 4.84. The largest absolute Gasteiger partial charge is 0.343 e. The van der Waals surface area contributed by atoms with Crippen LogP contribution in [0.15, 0.2) is 24.3 Å². The Balaban J connectivity index is 1.37. The van der Waals surface area contributed by atoms with Gasteiger partial charge in [-0.05, 0) is 25.0 Å². The molecule has 7 heteroatoms. The van der Waals surface area contributed by atoms with E-state index in [1.165, 1.54) is 38.2 Å². The Hall–Kier alpha value is -2.02. The average molecular weight is 374 g/mol. The average Bonchev–Trinajstić information content (AvgIpc) is 3.19. The highest BCUT2D eigenvalue weighted by Gasteiger charge is 2.26. The molecule has 1 aromatic heterocycles. The van der Waals surface area contributed by atoms with E-state index in [2.05, 4.69) is 15.1 Å². The van der Waals surface area contributed by atoms with Gasteiger partial charge in [0, 0.05) is 32.1 Å². The topological polar surface area (TPSA) is 49.3 Å². The first kappa shape index (κ1) is 17.4. The van der Waals surface area contributed by atoms with E-state index in [4.69, 9.17) is 0 Å². The highest BCUT2D eigenvalue weighted by molar-refractivity contribution is 7.15. The molecule has 0 unspecified atom stereocenters. The van der Waals surface area contributed by atoms with Crippen molar-refractivity contribution < 1.29 is 9.18 Å². The van der Waals surface area contributed by atoms with Crippen molar-refractivity contribution in [1.82, 2.24) is 15.1 Å². The Bertz CT molecular complexity index is 766. The summed E-state index contributed by atoms with van der Waals surface area (Å²) in [5.41, 5.74) is 0.149. The highest BCUT2D eigenvalue weighted by Crippen LogP contribution is 2.36. The number of halogens is 1. The van der Waals surface area contributed by atoms with Crippen LogP contribution in [0, 0.1) is 5.82 Å². The highest BCUT2D eigenvalue weighted by atomic mass is 32.1. The third kappa shape index (κ3) is 3.58. The number of amides is 1. The van der Waals surface area contributed by atoms with Crippen LogP contribution in [0.2, 0.25) is 0 Å². The quantitative estimate of drug-likeness (QED) is 0.822. The Morgan fingerprint density at radius 2 is 1.77 bits per heavy atom. The van der Waals surface area contributed by atoms with Crippen LogP contribution < -0.4 is 4.90 Å². The first-order chi connectivity index (χ1) is 12.7. The summed E-state index contributed by atoms with van der Waals surface area (Å²) in [5.74, 6) is -0.122. The van der Waals surface area contributed by atoms with Gasteiger partial charge in [0.15, 0.2) is 0 Å². The zero-order chi connectivity index (χ0) is 17.9. The lowest BCUT2D eigenvalue weighted by Gasteiger charge is -2.34. The lowest BCUT2D eigenvalue weighted by Crippen LogP contribution is -2.49. The minimum atomic E-state index is -0.457. The van der Waals surface area contributed by atoms with Crippen LogP contribution in [-0.2, 0) is 0 Å². The van der Waals surface area contributed by atoms with Crippen LogP contribution in [0.3, 0.4) is 0 Å². The van der Waals surface area contributed by atoms with Gasteiger partial charge in [-0.25, -0.2) is 4.39 Å². The van der Waals surface area contributed by atoms with Gasteiger partial charge in [-0.3, -0.25) is 4.79 Å². The molecule has 2 heterocycles. The first-order valence-corrected chi connectivity index (χ1v) is 10.2. The summed E-state index contributed by atoms with van der Waals surface area (Å²) in [6.45, 7) is 2.57. The summed E-state index contributed by atoms with van der Waals surface area (Å²) in [6.07, 6.45) is 6.35. The van der Waals surface area contributed by atoms with Crippen LogP contribution in [0.4, 0.5) is 9.52 Å². The van der Waals surface area contributed by atoms with Crippen molar-refractivity contribution in [2.24, 2.45) is 0 Å². The number of rotatable bonds is 3. The number of nitrogens with zero attached hydrogens (tertiary/aromatic N) is 4. The second-order valence-corrected chi connectivity index (χ2v) is 8.00. The molecule has 0 bridgehead atoms. The maximum atomic E-state index is 13.8. The van der Waals surface area contributed by atoms with Gasteiger partial charge in [0.1, 0.15) is 10.8 Å². The summed E-state index contributed by atoms with van der Waals surface area (Å²) < 4.78 is 13.8. The predicted octanol–water partition coefficient (Wildman–Crippen LogP) is 3.69. The Morgan fingerprint density at radius 1 is 1.04 bits per heavy atom. The molecular weight excluding hydrogens is 351 g/mol. The number of hydrogen-bond donors (Lipinski definition) is 0. The van der Waals surface area contributed by atoms with Gasteiger partial charge in [0.05, 0.1) is 5.56 Å². The maximum Gasteiger partial charge on any atom is 0.256 e. The maximum absolute atomic E-state index is 13.8. The second kappa shape index (κ2) is 7.70. The van der Waals surface area contributed by atoms with Crippen molar-refractivity contribution in [3.05, 3.63) is 40.7 Å². The lowest BCUT2D eigenvalue weighted by atomic mass is 9.90. The molecule has 0 N–H and O–H groups in total. The summed E-state index contributed by atoms with van der Waals surface area (Å²) in [7, 11) is 0. The van der Waals surface area contributed by atoms with Gasteiger partial charge < -0.3 is 9.80 Å². The molecule has 2 aliphatic rings. The molecule has 2 aromatic rings. The minimum absolute atomic E-state index is 0.149. The van der Waals surface area contributed by atoms with Gasteiger partial charge in [-0.2, -0.15) is 0 Å². The van der Waals surface area contributed by atoms with Crippen molar-refractivity contribution in [1.29, 1.82) is 0 Å². The Morgan fingerprint density at radius 3 is 2.50 bits per heavy atom. The second-order valence-electron chi connectivity index (χ2n) is 7.02. The third-order valence-electron chi connectivity index (χ3n) is 5.33. The lowest BCUT2D eigenvalue weighted by molar-refractivity contribution is 0.0742. The van der Waals surface area contributed by atoms with E-state index < -0.39 is 5.82 Å². The molecule has 1 aliphatic carbocycles. The van der Waals surface area contributed by atoms with E-state index in [1.807, 2.05) is 0 Å². The van der Waals surface area contributed by atoms with Crippen molar-refractivity contribution in [3.63, 3.8) is 0 Å². The van der Waals surface area contributed by atoms with Crippen LogP contribution >= 0.6 is 11.3 Å². The standard InChI is InChI=1S/C19H23FN4OS/c20-16-9-5-4-8-15(16)18(25)23-10-12-24(13-11-23)19-22-21-17(26-19)14-6-2-1-3-7-14/h4-5,8-9,14H,1-3,6-7,10-13H2. The molecular formula is C19H23FN4OS. The molecule has 4 rings (SSSR count). The molecule has 0 spiro atoms. The number of anilines is 1.